The monoisotopic (exact) mass is 244 g/mol. The minimum Gasteiger partial charge on any atom is -0.481 e. The quantitative estimate of drug-likeness (QED) is 0.569. The van der Waals surface area contributed by atoms with Crippen molar-refractivity contribution < 1.29 is 14.7 Å². The Morgan fingerprint density at radius 2 is 1.94 bits per heavy atom. The summed E-state index contributed by atoms with van der Waals surface area (Å²) in [7, 11) is 0. The zero-order valence-electron chi connectivity index (χ0n) is 10.7. The molecular weight excluding hydrogens is 220 g/mol. The number of nitrogens with one attached hydrogen (secondary N) is 1. The minimum atomic E-state index is -0.803. The van der Waals surface area contributed by atoms with Gasteiger partial charge in [0.05, 0.1) is 6.04 Å². The molecule has 0 saturated carbocycles. The number of carboxylic acids is 1. The fourth-order valence-electron chi connectivity index (χ4n) is 1.54. The Balaban J connectivity index is 3.74. The normalized spacial score (nSPS) is 14.1. The van der Waals surface area contributed by atoms with Crippen molar-refractivity contribution in [3.8, 4) is 0 Å². The van der Waals surface area contributed by atoms with E-state index in [0.29, 0.717) is 19.3 Å². The number of aliphatic carboxylic acids is 1. The van der Waals surface area contributed by atoms with Crippen LogP contribution in [0.2, 0.25) is 0 Å². The second kappa shape index (κ2) is 8.98. The summed E-state index contributed by atoms with van der Waals surface area (Å²) < 4.78 is 0. The number of carbonyl (C=O) groups excluding carboxylic acids is 1. The topological polar surface area (TPSA) is 92.4 Å². The second-order valence-electron chi connectivity index (χ2n) is 4.44. The van der Waals surface area contributed by atoms with Crippen LogP contribution in [0.15, 0.2) is 0 Å². The molecule has 0 aromatic carbocycles. The molecule has 0 fully saturated rings. The molecule has 0 saturated heterocycles. The third-order valence-electron chi connectivity index (χ3n) is 2.62. The molecule has 4 N–H and O–H groups in total. The maximum Gasteiger partial charge on any atom is 0.303 e. The van der Waals surface area contributed by atoms with E-state index in [9.17, 15) is 9.59 Å². The van der Waals surface area contributed by atoms with Crippen LogP contribution in [-0.4, -0.2) is 29.1 Å². The van der Waals surface area contributed by atoms with Crippen molar-refractivity contribution in [2.24, 2.45) is 5.73 Å². The van der Waals surface area contributed by atoms with Gasteiger partial charge in [-0.25, -0.2) is 0 Å². The van der Waals surface area contributed by atoms with E-state index < -0.39 is 12.0 Å². The largest absolute Gasteiger partial charge is 0.481 e. The molecule has 5 heteroatoms. The van der Waals surface area contributed by atoms with Gasteiger partial charge in [-0.05, 0) is 26.2 Å². The van der Waals surface area contributed by atoms with Crippen LogP contribution in [0.1, 0.15) is 52.4 Å². The van der Waals surface area contributed by atoms with Gasteiger partial charge in [0.25, 0.3) is 0 Å². The standard InChI is InChI=1S/C12H24N2O3/c1-3-4-7-10(13)12(17)14-9(2)6-5-8-11(15)16/h9-10H,3-8,13H2,1-2H3,(H,14,17)(H,15,16)/t9?,10-/m0/s1. The lowest BCUT2D eigenvalue weighted by molar-refractivity contribution is -0.137. The van der Waals surface area contributed by atoms with Crippen LogP contribution in [0.3, 0.4) is 0 Å². The van der Waals surface area contributed by atoms with Crippen molar-refractivity contribution >= 4 is 11.9 Å². The van der Waals surface area contributed by atoms with Crippen molar-refractivity contribution in [1.29, 1.82) is 0 Å². The third kappa shape index (κ3) is 8.68. The molecule has 100 valence electrons. The van der Waals surface area contributed by atoms with E-state index in [2.05, 4.69) is 12.2 Å². The molecule has 0 radical (unpaired) electrons. The molecule has 0 aliphatic rings. The average Bonchev–Trinajstić information content (AvgIpc) is 2.25. The van der Waals surface area contributed by atoms with Crippen molar-refractivity contribution in [2.45, 2.75) is 64.5 Å². The maximum absolute atomic E-state index is 11.6. The van der Waals surface area contributed by atoms with Crippen molar-refractivity contribution in [1.82, 2.24) is 5.32 Å². The van der Waals surface area contributed by atoms with Gasteiger partial charge >= 0.3 is 5.97 Å². The SMILES string of the molecule is CCCC[C@H](N)C(=O)NC(C)CCCC(=O)O. The maximum atomic E-state index is 11.6. The van der Waals surface area contributed by atoms with Crippen LogP contribution in [0, 0.1) is 0 Å². The van der Waals surface area contributed by atoms with E-state index >= 15 is 0 Å². The molecule has 5 nitrogen and oxygen atoms in total. The number of hydrogen-bond donors (Lipinski definition) is 3. The highest BCUT2D eigenvalue weighted by Gasteiger charge is 2.14. The van der Waals surface area contributed by atoms with Gasteiger partial charge < -0.3 is 16.2 Å². The Morgan fingerprint density at radius 1 is 1.29 bits per heavy atom. The summed E-state index contributed by atoms with van der Waals surface area (Å²) in [6.45, 7) is 3.92. The number of hydrogen-bond acceptors (Lipinski definition) is 3. The highest BCUT2D eigenvalue weighted by atomic mass is 16.4. The van der Waals surface area contributed by atoms with Crippen molar-refractivity contribution in [2.75, 3.05) is 0 Å². The molecule has 0 bridgehead atoms. The van der Waals surface area contributed by atoms with E-state index in [1.54, 1.807) is 0 Å². The first-order chi connectivity index (χ1) is 7.97. The molecule has 0 aromatic heterocycles. The van der Waals surface area contributed by atoms with Gasteiger partial charge in [-0.1, -0.05) is 19.8 Å². The van der Waals surface area contributed by atoms with E-state index in [1.165, 1.54) is 0 Å². The Kier molecular flexibility index (Phi) is 8.40. The number of carbonyl (C=O) groups is 2. The van der Waals surface area contributed by atoms with Crippen LogP contribution in [0.25, 0.3) is 0 Å². The Labute approximate surface area is 103 Å². The first-order valence-electron chi connectivity index (χ1n) is 6.25. The molecule has 0 heterocycles. The van der Waals surface area contributed by atoms with Gasteiger partial charge in [0.2, 0.25) is 5.91 Å². The minimum absolute atomic E-state index is 0.0190. The zero-order chi connectivity index (χ0) is 13.3. The molecule has 17 heavy (non-hydrogen) atoms. The van der Waals surface area contributed by atoms with E-state index in [4.69, 9.17) is 10.8 Å². The lowest BCUT2D eigenvalue weighted by Crippen LogP contribution is -2.44. The summed E-state index contributed by atoms with van der Waals surface area (Å²) in [6, 6.07) is -0.466. The first-order valence-corrected chi connectivity index (χ1v) is 6.25. The predicted octanol–water partition coefficient (Wildman–Crippen LogP) is 1.26. The van der Waals surface area contributed by atoms with Gasteiger partial charge in [-0.15, -0.1) is 0 Å². The number of nitrogens with two attached hydrogens (primary N) is 1. The highest BCUT2D eigenvalue weighted by molar-refractivity contribution is 5.81. The first kappa shape index (κ1) is 15.9. The summed E-state index contributed by atoms with van der Waals surface area (Å²) in [6.07, 6.45) is 4.04. The summed E-state index contributed by atoms with van der Waals surface area (Å²) in [5, 5.41) is 11.3. The average molecular weight is 244 g/mol. The van der Waals surface area contributed by atoms with E-state index in [0.717, 1.165) is 12.8 Å². The lowest BCUT2D eigenvalue weighted by Gasteiger charge is -2.17. The van der Waals surface area contributed by atoms with E-state index in [-0.39, 0.29) is 18.4 Å². The van der Waals surface area contributed by atoms with Crippen molar-refractivity contribution in [3.63, 3.8) is 0 Å². The number of amides is 1. The van der Waals surface area contributed by atoms with Crippen LogP contribution in [-0.2, 0) is 9.59 Å². The fraction of sp³-hybridized carbons (Fsp3) is 0.833. The molecule has 0 rings (SSSR count). The smallest absolute Gasteiger partial charge is 0.303 e. The zero-order valence-corrected chi connectivity index (χ0v) is 10.7. The molecule has 2 atom stereocenters. The van der Waals surface area contributed by atoms with Crippen LogP contribution < -0.4 is 11.1 Å². The lowest BCUT2D eigenvalue weighted by atomic mass is 10.1. The number of carboxylic acid groups (broad SMARTS) is 1. The summed E-state index contributed by atoms with van der Waals surface area (Å²) in [5.74, 6) is -0.940. The Morgan fingerprint density at radius 3 is 2.47 bits per heavy atom. The molecule has 0 aliphatic carbocycles. The molecule has 0 aromatic rings. The van der Waals surface area contributed by atoms with Crippen LogP contribution in [0.4, 0.5) is 0 Å². The van der Waals surface area contributed by atoms with Crippen molar-refractivity contribution in [3.05, 3.63) is 0 Å². The Bertz CT molecular complexity index is 244. The van der Waals surface area contributed by atoms with Gasteiger partial charge in [-0.3, -0.25) is 9.59 Å². The summed E-state index contributed by atoms with van der Waals surface area (Å²) in [5.41, 5.74) is 5.72. The third-order valence-corrected chi connectivity index (χ3v) is 2.62. The van der Waals surface area contributed by atoms with Gasteiger partial charge in [-0.2, -0.15) is 0 Å². The number of unbranched alkanes of at least 4 members (excludes halogenated alkanes) is 1. The van der Waals surface area contributed by atoms with Gasteiger partial charge in [0, 0.05) is 12.5 Å². The molecule has 1 unspecified atom stereocenters. The molecule has 0 aliphatic heterocycles. The predicted molar refractivity (Wildman–Crippen MR) is 66.6 cm³/mol. The van der Waals surface area contributed by atoms with Crippen LogP contribution >= 0.6 is 0 Å². The van der Waals surface area contributed by atoms with Gasteiger partial charge in [0.1, 0.15) is 0 Å². The summed E-state index contributed by atoms with van der Waals surface area (Å²) in [4.78, 5) is 21.9. The summed E-state index contributed by atoms with van der Waals surface area (Å²) >= 11 is 0. The second-order valence-corrected chi connectivity index (χ2v) is 4.44. The van der Waals surface area contributed by atoms with E-state index in [1.807, 2.05) is 6.92 Å². The van der Waals surface area contributed by atoms with Crippen LogP contribution in [0.5, 0.6) is 0 Å². The van der Waals surface area contributed by atoms with Gasteiger partial charge in [0.15, 0.2) is 0 Å². The number of rotatable bonds is 9. The molecule has 1 amide bonds. The fourth-order valence-corrected chi connectivity index (χ4v) is 1.54. The highest BCUT2D eigenvalue weighted by Crippen LogP contribution is 2.02. The molecular formula is C12H24N2O3. The Hall–Kier alpha value is -1.10. The molecule has 0 spiro atoms.